The summed E-state index contributed by atoms with van der Waals surface area (Å²) in [6.45, 7) is 2.48. The Hall–Kier alpha value is -2.50. The maximum absolute atomic E-state index is 13.2. The maximum Gasteiger partial charge on any atom is 0.229 e. The number of benzene rings is 1. The van der Waals surface area contributed by atoms with Gasteiger partial charge in [-0.05, 0) is 65.0 Å². The summed E-state index contributed by atoms with van der Waals surface area (Å²) in [5, 5.41) is 4.27. The SMILES string of the molecule is CN(C)C(=O)[C@@]1(Cc2ccc(-c3ccsc3)cc2)CCN(Cc2ccccn2)C1. The zero-order valence-corrected chi connectivity index (χ0v) is 17.9. The van der Waals surface area contributed by atoms with E-state index in [4.69, 9.17) is 0 Å². The number of thiophene rings is 1. The Morgan fingerprint density at radius 1 is 1.14 bits per heavy atom. The lowest BCUT2D eigenvalue weighted by molar-refractivity contribution is -0.138. The van der Waals surface area contributed by atoms with Gasteiger partial charge in [0.15, 0.2) is 0 Å². The Morgan fingerprint density at radius 2 is 1.97 bits per heavy atom. The molecule has 1 aliphatic heterocycles. The molecule has 4 nitrogen and oxygen atoms in total. The van der Waals surface area contributed by atoms with E-state index < -0.39 is 0 Å². The summed E-state index contributed by atoms with van der Waals surface area (Å²) in [4.78, 5) is 21.8. The van der Waals surface area contributed by atoms with Crippen LogP contribution in [0.5, 0.6) is 0 Å². The van der Waals surface area contributed by atoms with Crippen molar-refractivity contribution in [3.05, 3.63) is 76.7 Å². The third-order valence-electron chi connectivity index (χ3n) is 5.76. The molecule has 1 aromatic carbocycles. The number of hydrogen-bond donors (Lipinski definition) is 0. The molecule has 2 aromatic heterocycles. The molecule has 0 radical (unpaired) electrons. The fraction of sp³-hybridized carbons (Fsp3) is 0.333. The molecular weight excluding hydrogens is 378 g/mol. The number of carbonyl (C=O) groups excluding carboxylic acids is 1. The largest absolute Gasteiger partial charge is 0.348 e. The van der Waals surface area contributed by atoms with Crippen molar-refractivity contribution >= 4 is 17.2 Å². The fourth-order valence-corrected chi connectivity index (χ4v) is 4.98. The predicted molar refractivity (Wildman–Crippen MR) is 119 cm³/mol. The van der Waals surface area contributed by atoms with Crippen LogP contribution in [0.4, 0.5) is 0 Å². The standard InChI is InChI=1S/C24H27N3OS/c1-26(2)23(28)24(11-13-27(18-24)16-22-5-3-4-12-25-22)15-19-6-8-20(9-7-19)21-10-14-29-17-21/h3-10,12,14,17H,11,13,15-16,18H2,1-2H3/t24-/m1/s1. The highest BCUT2D eigenvalue weighted by molar-refractivity contribution is 7.08. The minimum absolute atomic E-state index is 0.225. The zero-order chi connectivity index (χ0) is 20.3. The van der Waals surface area contributed by atoms with Gasteiger partial charge in [-0.1, -0.05) is 30.3 Å². The molecule has 1 aliphatic rings. The highest BCUT2D eigenvalue weighted by atomic mass is 32.1. The van der Waals surface area contributed by atoms with Crippen molar-refractivity contribution in [2.75, 3.05) is 27.2 Å². The second-order valence-corrected chi connectivity index (χ2v) is 8.93. The van der Waals surface area contributed by atoms with E-state index in [9.17, 15) is 4.79 Å². The van der Waals surface area contributed by atoms with Gasteiger partial charge in [0.2, 0.25) is 5.91 Å². The monoisotopic (exact) mass is 405 g/mol. The van der Waals surface area contributed by atoms with Gasteiger partial charge in [0.1, 0.15) is 0 Å². The third-order valence-corrected chi connectivity index (χ3v) is 6.44. The Bertz CT molecular complexity index is 938. The summed E-state index contributed by atoms with van der Waals surface area (Å²) in [6.07, 6.45) is 3.48. The van der Waals surface area contributed by atoms with E-state index in [-0.39, 0.29) is 11.3 Å². The first kappa shape index (κ1) is 19.8. The number of amides is 1. The molecule has 0 saturated carbocycles. The Labute approximate surface area is 176 Å². The number of pyridine rings is 1. The van der Waals surface area contributed by atoms with Crippen LogP contribution in [0.2, 0.25) is 0 Å². The molecule has 150 valence electrons. The molecule has 4 rings (SSSR count). The first-order valence-electron chi connectivity index (χ1n) is 10.0. The van der Waals surface area contributed by atoms with Crippen LogP contribution >= 0.6 is 11.3 Å². The highest BCUT2D eigenvalue weighted by Crippen LogP contribution is 2.37. The van der Waals surface area contributed by atoms with Gasteiger partial charge in [-0.15, -0.1) is 0 Å². The van der Waals surface area contributed by atoms with E-state index in [2.05, 4.69) is 57.0 Å². The number of likely N-dealkylation sites (tertiary alicyclic amines) is 1. The van der Waals surface area contributed by atoms with Crippen LogP contribution in [0, 0.1) is 5.41 Å². The van der Waals surface area contributed by atoms with Crippen molar-refractivity contribution in [2.24, 2.45) is 5.41 Å². The molecule has 0 spiro atoms. The van der Waals surface area contributed by atoms with Crippen LogP contribution in [-0.2, 0) is 17.8 Å². The van der Waals surface area contributed by atoms with Gasteiger partial charge in [0.05, 0.1) is 11.1 Å². The predicted octanol–water partition coefficient (Wildman–Crippen LogP) is 4.33. The fourth-order valence-electron chi connectivity index (χ4n) is 4.32. The van der Waals surface area contributed by atoms with Crippen LogP contribution in [0.1, 0.15) is 17.7 Å². The van der Waals surface area contributed by atoms with Crippen molar-refractivity contribution in [1.82, 2.24) is 14.8 Å². The van der Waals surface area contributed by atoms with Crippen molar-refractivity contribution in [2.45, 2.75) is 19.4 Å². The maximum atomic E-state index is 13.2. The zero-order valence-electron chi connectivity index (χ0n) is 17.0. The average Bonchev–Trinajstić information content (AvgIpc) is 3.40. The first-order chi connectivity index (χ1) is 14.1. The van der Waals surface area contributed by atoms with E-state index in [0.717, 1.165) is 38.2 Å². The molecule has 1 amide bonds. The van der Waals surface area contributed by atoms with Crippen LogP contribution in [0.15, 0.2) is 65.5 Å². The van der Waals surface area contributed by atoms with E-state index in [1.807, 2.05) is 32.4 Å². The van der Waals surface area contributed by atoms with Crippen molar-refractivity contribution < 1.29 is 4.79 Å². The summed E-state index contributed by atoms with van der Waals surface area (Å²) in [5.41, 5.74) is 4.39. The van der Waals surface area contributed by atoms with Gasteiger partial charge in [0, 0.05) is 33.4 Å². The lowest BCUT2D eigenvalue weighted by Crippen LogP contribution is -2.43. The van der Waals surface area contributed by atoms with E-state index >= 15 is 0 Å². The van der Waals surface area contributed by atoms with Crippen molar-refractivity contribution in [3.8, 4) is 11.1 Å². The first-order valence-corrected chi connectivity index (χ1v) is 11.0. The normalized spacial score (nSPS) is 19.4. The number of hydrogen-bond acceptors (Lipinski definition) is 4. The Balaban J connectivity index is 1.52. The molecule has 1 saturated heterocycles. The molecule has 0 unspecified atom stereocenters. The van der Waals surface area contributed by atoms with Crippen molar-refractivity contribution in [3.63, 3.8) is 0 Å². The van der Waals surface area contributed by atoms with E-state index in [1.165, 1.54) is 16.7 Å². The smallest absolute Gasteiger partial charge is 0.229 e. The lowest BCUT2D eigenvalue weighted by Gasteiger charge is -2.31. The molecule has 0 aliphatic carbocycles. The minimum Gasteiger partial charge on any atom is -0.348 e. The van der Waals surface area contributed by atoms with Gasteiger partial charge in [-0.25, -0.2) is 0 Å². The van der Waals surface area contributed by atoms with Crippen LogP contribution < -0.4 is 0 Å². The Kier molecular flexibility index (Phi) is 5.79. The number of aromatic nitrogens is 1. The third kappa shape index (κ3) is 4.41. The van der Waals surface area contributed by atoms with Gasteiger partial charge in [-0.3, -0.25) is 14.7 Å². The van der Waals surface area contributed by atoms with Gasteiger partial charge < -0.3 is 4.90 Å². The van der Waals surface area contributed by atoms with E-state index in [1.54, 1.807) is 16.2 Å². The Morgan fingerprint density at radius 3 is 2.62 bits per heavy atom. The number of rotatable bonds is 6. The molecule has 1 fully saturated rings. The molecule has 29 heavy (non-hydrogen) atoms. The van der Waals surface area contributed by atoms with Crippen LogP contribution in [0.25, 0.3) is 11.1 Å². The lowest BCUT2D eigenvalue weighted by atomic mass is 9.79. The topological polar surface area (TPSA) is 36.4 Å². The highest BCUT2D eigenvalue weighted by Gasteiger charge is 2.45. The van der Waals surface area contributed by atoms with Gasteiger partial charge in [0.25, 0.3) is 0 Å². The molecule has 5 heteroatoms. The van der Waals surface area contributed by atoms with Gasteiger partial charge in [-0.2, -0.15) is 11.3 Å². The molecule has 0 N–H and O–H groups in total. The average molecular weight is 406 g/mol. The minimum atomic E-state index is -0.373. The summed E-state index contributed by atoms with van der Waals surface area (Å²) in [7, 11) is 3.73. The van der Waals surface area contributed by atoms with E-state index in [0.29, 0.717) is 0 Å². The molecule has 0 bridgehead atoms. The quantitative estimate of drug-likeness (QED) is 0.612. The summed E-state index contributed by atoms with van der Waals surface area (Å²) in [6, 6.07) is 16.9. The summed E-state index contributed by atoms with van der Waals surface area (Å²) < 4.78 is 0. The summed E-state index contributed by atoms with van der Waals surface area (Å²) in [5.74, 6) is 0.225. The number of carbonyl (C=O) groups is 1. The van der Waals surface area contributed by atoms with Crippen LogP contribution in [-0.4, -0.2) is 47.9 Å². The summed E-state index contributed by atoms with van der Waals surface area (Å²) >= 11 is 1.71. The second-order valence-electron chi connectivity index (χ2n) is 8.15. The molecule has 3 aromatic rings. The number of nitrogens with zero attached hydrogens (tertiary/aromatic N) is 3. The molecule has 3 heterocycles. The van der Waals surface area contributed by atoms with Gasteiger partial charge >= 0.3 is 0 Å². The second kappa shape index (κ2) is 8.47. The molecular formula is C24H27N3OS. The molecule has 1 atom stereocenters. The van der Waals surface area contributed by atoms with Crippen molar-refractivity contribution in [1.29, 1.82) is 0 Å². The van der Waals surface area contributed by atoms with Crippen LogP contribution in [0.3, 0.4) is 0 Å².